The molecule has 1 rings (SSSR count). The Labute approximate surface area is 121 Å². The summed E-state index contributed by atoms with van der Waals surface area (Å²) in [6, 6.07) is 6.90. The summed E-state index contributed by atoms with van der Waals surface area (Å²) >= 11 is 0. The first-order valence-corrected chi connectivity index (χ1v) is 7.09. The Morgan fingerprint density at radius 2 is 1.95 bits per heavy atom. The molecule has 0 unspecified atom stereocenters. The molecule has 0 aromatic heterocycles. The van der Waals surface area contributed by atoms with Gasteiger partial charge in [0, 0.05) is 17.5 Å². The third-order valence-corrected chi connectivity index (χ3v) is 3.72. The van der Waals surface area contributed by atoms with Gasteiger partial charge in [0.1, 0.15) is 5.82 Å². The van der Waals surface area contributed by atoms with Crippen LogP contribution < -0.4 is 5.73 Å². The highest BCUT2D eigenvalue weighted by molar-refractivity contribution is 5.82. The first-order valence-electron chi connectivity index (χ1n) is 7.09. The van der Waals surface area contributed by atoms with E-state index in [0.717, 1.165) is 31.4 Å². The number of unbranched alkanes of at least 4 members (excludes halogenated alkanes) is 1. The Morgan fingerprint density at radius 3 is 2.55 bits per heavy atom. The lowest BCUT2D eigenvalue weighted by Gasteiger charge is -2.23. The molecule has 0 aliphatic rings. The molecule has 0 bridgehead atoms. The van der Waals surface area contributed by atoms with Crippen molar-refractivity contribution in [2.75, 3.05) is 13.6 Å². The van der Waals surface area contributed by atoms with Crippen molar-refractivity contribution in [1.29, 1.82) is 5.41 Å². The first-order chi connectivity index (χ1) is 9.33. The van der Waals surface area contributed by atoms with Gasteiger partial charge in [0.25, 0.3) is 0 Å². The van der Waals surface area contributed by atoms with E-state index in [1.165, 1.54) is 6.07 Å². The highest BCUT2D eigenvalue weighted by Crippen LogP contribution is 2.22. The SMILES string of the molecule is CN(CCCCC(C)(C)C(=N)N)Cc1ccccc1F. The fourth-order valence-corrected chi connectivity index (χ4v) is 2.08. The summed E-state index contributed by atoms with van der Waals surface area (Å²) in [5.41, 5.74) is 6.08. The molecule has 1 aromatic rings. The second kappa shape index (κ2) is 7.39. The molecule has 0 heterocycles. The van der Waals surface area contributed by atoms with Crippen LogP contribution in [0.3, 0.4) is 0 Å². The van der Waals surface area contributed by atoms with Crippen molar-refractivity contribution in [2.24, 2.45) is 11.1 Å². The molecule has 3 N–H and O–H groups in total. The van der Waals surface area contributed by atoms with Crippen molar-refractivity contribution >= 4 is 5.84 Å². The normalized spacial score (nSPS) is 11.8. The van der Waals surface area contributed by atoms with E-state index >= 15 is 0 Å². The summed E-state index contributed by atoms with van der Waals surface area (Å²) in [6.45, 7) is 5.54. The van der Waals surface area contributed by atoms with Crippen molar-refractivity contribution in [3.63, 3.8) is 0 Å². The van der Waals surface area contributed by atoms with Crippen LogP contribution in [-0.2, 0) is 6.54 Å². The van der Waals surface area contributed by atoms with Gasteiger partial charge in [0.15, 0.2) is 0 Å². The number of nitrogens with one attached hydrogen (secondary N) is 1. The van der Waals surface area contributed by atoms with E-state index in [1.807, 2.05) is 33.0 Å². The fraction of sp³-hybridized carbons (Fsp3) is 0.562. The van der Waals surface area contributed by atoms with Crippen molar-refractivity contribution < 1.29 is 4.39 Å². The molecule has 0 spiro atoms. The number of halogens is 1. The second-order valence-electron chi connectivity index (χ2n) is 6.08. The van der Waals surface area contributed by atoms with Crippen LogP contribution in [0.2, 0.25) is 0 Å². The number of nitrogens with two attached hydrogens (primary N) is 1. The molecule has 3 nitrogen and oxygen atoms in total. The highest BCUT2D eigenvalue weighted by Gasteiger charge is 2.20. The Hall–Kier alpha value is -1.42. The topological polar surface area (TPSA) is 53.1 Å². The molecule has 112 valence electrons. The van der Waals surface area contributed by atoms with E-state index in [2.05, 4.69) is 4.90 Å². The van der Waals surface area contributed by atoms with Gasteiger partial charge in [-0.25, -0.2) is 4.39 Å². The number of hydrogen-bond acceptors (Lipinski definition) is 2. The van der Waals surface area contributed by atoms with Gasteiger partial charge in [0.05, 0.1) is 5.84 Å². The predicted octanol–water partition coefficient (Wildman–Crippen LogP) is 3.39. The van der Waals surface area contributed by atoms with Gasteiger partial charge < -0.3 is 10.6 Å². The maximum Gasteiger partial charge on any atom is 0.127 e. The van der Waals surface area contributed by atoms with Crippen LogP contribution in [0.5, 0.6) is 0 Å². The lowest BCUT2D eigenvalue weighted by Crippen LogP contribution is -2.31. The van der Waals surface area contributed by atoms with Gasteiger partial charge in [0.2, 0.25) is 0 Å². The molecule has 0 radical (unpaired) electrons. The molecule has 4 heteroatoms. The summed E-state index contributed by atoms with van der Waals surface area (Å²) in [6.07, 6.45) is 2.96. The minimum Gasteiger partial charge on any atom is -0.387 e. The highest BCUT2D eigenvalue weighted by atomic mass is 19.1. The van der Waals surface area contributed by atoms with Crippen molar-refractivity contribution in [3.8, 4) is 0 Å². The number of amidine groups is 1. The summed E-state index contributed by atoms with van der Waals surface area (Å²) in [7, 11) is 2.00. The molecular weight excluding hydrogens is 253 g/mol. The Morgan fingerprint density at radius 1 is 1.30 bits per heavy atom. The zero-order valence-electron chi connectivity index (χ0n) is 12.7. The quantitative estimate of drug-likeness (QED) is 0.435. The van der Waals surface area contributed by atoms with Crippen LogP contribution in [0.4, 0.5) is 4.39 Å². The van der Waals surface area contributed by atoms with Gasteiger partial charge in [-0.05, 0) is 32.5 Å². The van der Waals surface area contributed by atoms with Crippen LogP contribution in [0, 0.1) is 16.6 Å². The smallest absolute Gasteiger partial charge is 0.127 e. The van der Waals surface area contributed by atoms with E-state index in [-0.39, 0.29) is 17.1 Å². The van der Waals surface area contributed by atoms with E-state index in [1.54, 1.807) is 6.07 Å². The largest absolute Gasteiger partial charge is 0.387 e. The van der Waals surface area contributed by atoms with E-state index < -0.39 is 0 Å². The predicted molar refractivity (Wildman–Crippen MR) is 82.3 cm³/mol. The van der Waals surface area contributed by atoms with Gasteiger partial charge in [-0.2, -0.15) is 0 Å². The van der Waals surface area contributed by atoms with Crippen LogP contribution >= 0.6 is 0 Å². The zero-order chi connectivity index (χ0) is 15.2. The third kappa shape index (κ3) is 5.29. The average molecular weight is 279 g/mol. The number of rotatable bonds is 8. The molecule has 0 atom stereocenters. The minimum atomic E-state index is -0.218. The van der Waals surface area contributed by atoms with Crippen molar-refractivity contribution in [2.45, 2.75) is 39.7 Å². The molecular formula is C16H26FN3. The zero-order valence-corrected chi connectivity index (χ0v) is 12.7. The standard InChI is InChI=1S/C16H26FN3/c1-16(2,15(18)19)10-6-7-11-20(3)12-13-8-4-5-9-14(13)17/h4-5,8-9H,6-7,10-12H2,1-3H3,(H3,18,19). The Kier molecular flexibility index (Phi) is 6.14. The summed E-state index contributed by atoms with van der Waals surface area (Å²) in [4.78, 5) is 2.12. The van der Waals surface area contributed by atoms with Crippen LogP contribution in [0.25, 0.3) is 0 Å². The van der Waals surface area contributed by atoms with Gasteiger partial charge in [-0.15, -0.1) is 0 Å². The molecule has 0 saturated heterocycles. The number of nitrogens with zero attached hydrogens (tertiary/aromatic N) is 1. The van der Waals surface area contributed by atoms with Gasteiger partial charge >= 0.3 is 0 Å². The average Bonchev–Trinajstić information content (AvgIpc) is 2.37. The molecule has 1 aromatic carbocycles. The van der Waals surface area contributed by atoms with Crippen LogP contribution in [0.15, 0.2) is 24.3 Å². The minimum absolute atomic E-state index is 0.142. The van der Waals surface area contributed by atoms with Crippen LogP contribution in [-0.4, -0.2) is 24.3 Å². The Balaban J connectivity index is 2.29. The molecule has 0 aliphatic carbocycles. The molecule has 0 saturated carbocycles. The van der Waals surface area contributed by atoms with E-state index in [0.29, 0.717) is 6.54 Å². The molecule has 0 aliphatic heterocycles. The fourth-order valence-electron chi connectivity index (χ4n) is 2.08. The molecule has 20 heavy (non-hydrogen) atoms. The summed E-state index contributed by atoms with van der Waals surface area (Å²) in [5, 5.41) is 7.51. The lowest BCUT2D eigenvalue weighted by molar-refractivity contribution is 0.304. The first kappa shape index (κ1) is 16.6. The maximum absolute atomic E-state index is 13.5. The summed E-state index contributed by atoms with van der Waals surface area (Å²) < 4.78 is 13.5. The van der Waals surface area contributed by atoms with Gasteiger partial charge in [-0.1, -0.05) is 38.5 Å². The van der Waals surface area contributed by atoms with E-state index in [4.69, 9.17) is 11.1 Å². The monoisotopic (exact) mass is 279 g/mol. The van der Waals surface area contributed by atoms with Gasteiger partial charge in [-0.3, -0.25) is 5.41 Å². The molecule has 0 fully saturated rings. The summed E-state index contributed by atoms with van der Waals surface area (Å²) in [5.74, 6) is 0.106. The Bertz CT molecular complexity index is 443. The second-order valence-corrected chi connectivity index (χ2v) is 6.08. The number of hydrogen-bond donors (Lipinski definition) is 2. The van der Waals surface area contributed by atoms with E-state index in [9.17, 15) is 4.39 Å². The maximum atomic E-state index is 13.5. The van der Waals surface area contributed by atoms with Crippen molar-refractivity contribution in [3.05, 3.63) is 35.6 Å². The number of benzene rings is 1. The molecule has 0 amide bonds. The van der Waals surface area contributed by atoms with Crippen LogP contribution in [0.1, 0.15) is 38.7 Å². The third-order valence-electron chi connectivity index (χ3n) is 3.72. The van der Waals surface area contributed by atoms with Crippen molar-refractivity contribution in [1.82, 2.24) is 4.90 Å². The lowest BCUT2D eigenvalue weighted by atomic mass is 9.86.